The zero-order chi connectivity index (χ0) is 9.90. The molecule has 0 radical (unpaired) electrons. The van der Waals surface area contributed by atoms with Crippen LogP contribution in [0.1, 0.15) is 27.2 Å². The second-order valence-corrected chi connectivity index (χ2v) is 4.69. The largest absolute Gasteiger partial charge is 0.375 e. The van der Waals surface area contributed by atoms with Crippen LogP contribution in [0.25, 0.3) is 0 Å². The number of nitrogens with one attached hydrogen (secondary N) is 1. The molecule has 3 N–H and O–H groups in total. The van der Waals surface area contributed by atoms with Crippen LogP contribution < -0.4 is 11.1 Å². The molecule has 1 aliphatic heterocycles. The van der Waals surface area contributed by atoms with Crippen LogP contribution in [0, 0.1) is 5.92 Å². The first-order chi connectivity index (χ1) is 6.03. The van der Waals surface area contributed by atoms with Crippen LogP contribution in [0.2, 0.25) is 0 Å². The highest BCUT2D eigenvalue weighted by Gasteiger charge is 2.31. The first-order valence-electron chi connectivity index (χ1n) is 5.11. The van der Waals surface area contributed by atoms with Gasteiger partial charge >= 0.3 is 0 Å². The lowest BCUT2D eigenvalue weighted by molar-refractivity contribution is 0.0350. The van der Waals surface area contributed by atoms with Crippen molar-refractivity contribution in [3.63, 3.8) is 0 Å². The Balaban J connectivity index is 2.17. The predicted molar refractivity (Wildman–Crippen MR) is 54.7 cm³/mol. The summed E-state index contributed by atoms with van der Waals surface area (Å²) < 4.78 is 5.65. The maximum absolute atomic E-state index is 5.65. The maximum Gasteiger partial charge on any atom is 0.0630 e. The molecule has 2 atom stereocenters. The molecule has 0 amide bonds. The number of hydrogen-bond acceptors (Lipinski definition) is 3. The molecule has 1 saturated heterocycles. The van der Waals surface area contributed by atoms with Gasteiger partial charge in [0.15, 0.2) is 0 Å². The van der Waals surface area contributed by atoms with Gasteiger partial charge < -0.3 is 15.8 Å². The van der Waals surface area contributed by atoms with E-state index in [1.165, 1.54) is 0 Å². The fourth-order valence-electron chi connectivity index (χ4n) is 1.74. The quantitative estimate of drug-likeness (QED) is 0.680. The molecule has 1 heterocycles. The van der Waals surface area contributed by atoms with E-state index in [2.05, 4.69) is 26.1 Å². The summed E-state index contributed by atoms with van der Waals surface area (Å²) in [5.74, 6) is 0.656. The summed E-state index contributed by atoms with van der Waals surface area (Å²) in [4.78, 5) is 0. The summed E-state index contributed by atoms with van der Waals surface area (Å²) in [5.41, 5.74) is 5.60. The summed E-state index contributed by atoms with van der Waals surface area (Å²) >= 11 is 0. The second-order valence-electron chi connectivity index (χ2n) is 4.69. The van der Waals surface area contributed by atoms with Crippen LogP contribution in [0.15, 0.2) is 0 Å². The Kier molecular flexibility index (Phi) is 3.71. The summed E-state index contributed by atoms with van der Waals surface area (Å²) in [6.45, 7) is 9.04. The molecule has 1 aliphatic rings. The van der Waals surface area contributed by atoms with Crippen molar-refractivity contribution in [3.8, 4) is 0 Å². The first-order valence-corrected chi connectivity index (χ1v) is 5.11. The minimum Gasteiger partial charge on any atom is -0.375 e. The Morgan fingerprint density at radius 3 is 2.77 bits per heavy atom. The van der Waals surface area contributed by atoms with Gasteiger partial charge in [-0.25, -0.2) is 0 Å². The highest BCUT2D eigenvalue weighted by atomic mass is 16.5. The topological polar surface area (TPSA) is 47.3 Å². The minimum absolute atomic E-state index is 0.0816. The van der Waals surface area contributed by atoms with E-state index in [1.807, 2.05) is 0 Å². The lowest BCUT2D eigenvalue weighted by Crippen LogP contribution is -2.36. The molecule has 0 aromatic carbocycles. The van der Waals surface area contributed by atoms with Crippen LogP contribution in [0.5, 0.6) is 0 Å². The van der Waals surface area contributed by atoms with Gasteiger partial charge in [-0.3, -0.25) is 0 Å². The lowest BCUT2D eigenvalue weighted by Gasteiger charge is -2.17. The SMILES string of the molecule is CC(CN)NCC1COC(C)(C)C1. The van der Waals surface area contributed by atoms with E-state index in [0.29, 0.717) is 18.5 Å². The molecule has 3 nitrogen and oxygen atoms in total. The van der Waals surface area contributed by atoms with Gasteiger partial charge in [-0.05, 0) is 33.1 Å². The Labute approximate surface area is 81.0 Å². The molecular weight excluding hydrogens is 164 g/mol. The Bertz CT molecular complexity index is 159. The van der Waals surface area contributed by atoms with E-state index in [9.17, 15) is 0 Å². The normalized spacial score (nSPS) is 29.1. The molecule has 1 rings (SSSR count). The third-order valence-electron chi connectivity index (χ3n) is 2.60. The molecular formula is C10H22N2O. The van der Waals surface area contributed by atoms with Gasteiger partial charge in [-0.2, -0.15) is 0 Å². The Hall–Kier alpha value is -0.120. The highest BCUT2D eigenvalue weighted by molar-refractivity contribution is 4.82. The molecule has 78 valence electrons. The molecule has 0 aromatic rings. The van der Waals surface area contributed by atoms with Crippen molar-refractivity contribution < 1.29 is 4.74 Å². The Morgan fingerprint density at radius 1 is 1.62 bits per heavy atom. The average Bonchev–Trinajstić information content (AvgIpc) is 2.41. The molecule has 0 aromatic heterocycles. The smallest absolute Gasteiger partial charge is 0.0630 e. The standard InChI is InChI=1S/C10H22N2O/c1-8(5-11)12-6-9-4-10(2,3)13-7-9/h8-9,12H,4-7,11H2,1-3H3. The van der Waals surface area contributed by atoms with Crippen molar-refractivity contribution in [1.82, 2.24) is 5.32 Å². The van der Waals surface area contributed by atoms with Crippen LogP contribution >= 0.6 is 0 Å². The summed E-state index contributed by atoms with van der Waals surface area (Å²) in [6.07, 6.45) is 1.15. The summed E-state index contributed by atoms with van der Waals surface area (Å²) in [6, 6.07) is 0.420. The lowest BCUT2D eigenvalue weighted by atomic mass is 9.98. The van der Waals surface area contributed by atoms with E-state index in [-0.39, 0.29) is 5.60 Å². The van der Waals surface area contributed by atoms with Gasteiger partial charge in [-0.1, -0.05) is 0 Å². The monoisotopic (exact) mass is 186 g/mol. The van der Waals surface area contributed by atoms with Crippen molar-refractivity contribution in [2.24, 2.45) is 11.7 Å². The van der Waals surface area contributed by atoms with Gasteiger partial charge in [0, 0.05) is 19.1 Å². The van der Waals surface area contributed by atoms with Crippen molar-refractivity contribution >= 4 is 0 Å². The van der Waals surface area contributed by atoms with Crippen molar-refractivity contribution in [2.75, 3.05) is 19.7 Å². The van der Waals surface area contributed by atoms with Crippen molar-refractivity contribution in [3.05, 3.63) is 0 Å². The average molecular weight is 186 g/mol. The Morgan fingerprint density at radius 2 is 2.31 bits per heavy atom. The van der Waals surface area contributed by atoms with Crippen LogP contribution in [-0.2, 0) is 4.74 Å². The van der Waals surface area contributed by atoms with Crippen molar-refractivity contribution in [1.29, 1.82) is 0 Å². The molecule has 0 spiro atoms. The van der Waals surface area contributed by atoms with Gasteiger partial charge in [-0.15, -0.1) is 0 Å². The van der Waals surface area contributed by atoms with E-state index in [4.69, 9.17) is 10.5 Å². The fourth-order valence-corrected chi connectivity index (χ4v) is 1.74. The second kappa shape index (κ2) is 4.40. The summed E-state index contributed by atoms with van der Waals surface area (Å²) in [5, 5.41) is 3.41. The third-order valence-corrected chi connectivity index (χ3v) is 2.60. The van der Waals surface area contributed by atoms with Gasteiger partial charge in [0.2, 0.25) is 0 Å². The number of rotatable bonds is 4. The molecule has 3 heteroatoms. The minimum atomic E-state index is 0.0816. The predicted octanol–water partition coefficient (Wildman–Crippen LogP) is 0.738. The molecule has 0 aliphatic carbocycles. The van der Waals surface area contributed by atoms with E-state index >= 15 is 0 Å². The zero-order valence-electron chi connectivity index (χ0n) is 8.97. The molecule has 0 bridgehead atoms. The van der Waals surface area contributed by atoms with Gasteiger partial charge in [0.05, 0.1) is 12.2 Å². The molecule has 13 heavy (non-hydrogen) atoms. The van der Waals surface area contributed by atoms with Gasteiger partial charge in [0.25, 0.3) is 0 Å². The van der Waals surface area contributed by atoms with Crippen LogP contribution in [0.4, 0.5) is 0 Å². The van der Waals surface area contributed by atoms with Gasteiger partial charge in [0.1, 0.15) is 0 Å². The third kappa shape index (κ3) is 3.63. The molecule has 2 unspecified atom stereocenters. The van der Waals surface area contributed by atoms with E-state index in [0.717, 1.165) is 19.6 Å². The number of ether oxygens (including phenoxy) is 1. The van der Waals surface area contributed by atoms with E-state index in [1.54, 1.807) is 0 Å². The maximum atomic E-state index is 5.65. The van der Waals surface area contributed by atoms with Crippen LogP contribution in [-0.4, -0.2) is 31.3 Å². The number of nitrogens with two attached hydrogens (primary N) is 1. The highest BCUT2D eigenvalue weighted by Crippen LogP contribution is 2.28. The molecule has 0 saturated carbocycles. The van der Waals surface area contributed by atoms with Crippen molar-refractivity contribution in [2.45, 2.75) is 38.8 Å². The summed E-state index contributed by atoms with van der Waals surface area (Å²) in [7, 11) is 0. The fraction of sp³-hybridized carbons (Fsp3) is 1.00. The molecule has 1 fully saturated rings. The van der Waals surface area contributed by atoms with E-state index < -0.39 is 0 Å². The zero-order valence-corrected chi connectivity index (χ0v) is 8.97. The first kappa shape index (κ1) is 11.0. The van der Waals surface area contributed by atoms with Crippen LogP contribution in [0.3, 0.4) is 0 Å². The number of hydrogen-bond donors (Lipinski definition) is 2.